The van der Waals surface area contributed by atoms with Gasteiger partial charge in [-0.1, -0.05) is 30.3 Å². The van der Waals surface area contributed by atoms with Crippen molar-refractivity contribution in [3.8, 4) is 17.0 Å². The minimum atomic E-state index is -3.43. The molecule has 2 aromatic carbocycles. The maximum absolute atomic E-state index is 12.6. The van der Waals surface area contributed by atoms with Crippen LogP contribution in [0.25, 0.3) is 11.3 Å². The molecule has 1 aliphatic heterocycles. The van der Waals surface area contributed by atoms with Crippen molar-refractivity contribution in [3.05, 3.63) is 60.0 Å². The van der Waals surface area contributed by atoms with Gasteiger partial charge in [-0.25, -0.2) is 13.4 Å². The normalized spacial score (nSPS) is 14.5. The van der Waals surface area contributed by atoms with Crippen molar-refractivity contribution in [1.82, 2.24) is 9.29 Å². The lowest BCUT2D eigenvalue weighted by Gasteiger charge is -2.15. The molecule has 1 saturated heterocycles. The van der Waals surface area contributed by atoms with Crippen molar-refractivity contribution >= 4 is 32.4 Å². The molecule has 9 heteroatoms. The first kappa shape index (κ1) is 20.5. The lowest BCUT2D eigenvalue weighted by atomic mass is 10.2. The molecule has 30 heavy (non-hydrogen) atoms. The maximum atomic E-state index is 12.6. The van der Waals surface area contributed by atoms with Crippen molar-refractivity contribution in [2.45, 2.75) is 17.7 Å². The molecule has 0 saturated carbocycles. The molecule has 0 bridgehead atoms. The Morgan fingerprint density at radius 2 is 1.77 bits per heavy atom. The highest BCUT2D eigenvalue weighted by Crippen LogP contribution is 2.27. The number of benzene rings is 2. The molecule has 0 spiro atoms. The summed E-state index contributed by atoms with van der Waals surface area (Å²) < 4.78 is 32.2. The Morgan fingerprint density at radius 1 is 1.07 bits per heavy atom. The third kappa shape index (κ3) is 4.69. The molecular weight excluding hydrogens is 422 g/mol. The zero-order valence-electron chi connectivity index (χ0n) is 16.2. The predicted molar refractivity (Wildman–Crippen MR) is 116 cm³/mol. The summed E-state index contributed by atoms with van der Waals surface area (Å²) in [6, 6.07) is 15.8. The largest absolute Gasteiger partial charge is 0.484 e. The van der Waals surface area contributed by atoms with Gasteiger partial charge in [0.25, 0.3) is 5.91 Å². The third-order valence-corrected chi connectivity index (χ3v) is 7.39. The van der Waals surface area contributed by atoms with Gasteiger partial charge in [-0.05, 0) is 37.1 Å². The highest BCUT2D eigenvalue weighted by molar-refractivity contribution is 7.89. The van der Waals surface area contributed by atoms with Gasteiger partial charge in [0.15, 0.2) is 11.7 Å². The molecule has 1 amide bonds. The van der Waals surface area contributed by atoms with Crippen molar-refractivity contribution < 1.29 is 17.9 Å². The van der Waals surface area contributed by atoms with Gasteiger partial charge in [0.05, 0.1) is 10.6 Å². The molecule has 7 nitrogen and oxygen atoms in total. The Labute approximate surface area is 179 Å². The van der Waals surface area contributed by atoms with Crippen LogP contribution in [0.15, 0.2) is 64.9 Å². The van der Waals surface area contributed by atoms with Gasteiger partial charge >= 0.3 is 0 Å². The average molecular weight is 444 g/mol. The summed E-state index contributed by atoms with van der Waals surface area (Å²) in [5.41, 5.74) is 1.46. The number of carbonyl (C=O) groups is 1. The molecule has 3 aromatic rings. The van der Waals surface area contributed by atoms with Crippen molar-refractivity contribution in [1.29, 1.82) is 0 Å². The third-order valence-electron chi connectivity index (χ3n) is 4.72. The van der Waals surface area contributed by atoms with Crippen LogP contribution in [0.2, 0.25) is 0 Å². The number of rotatable bonds is 7. The Kier molecular flexibility index (Phi) is 6.12. The molecular formula is C21H21N3O4S2. The zero-order valence-corrected chi connectivity index (χ0v) is 17.8. The van der Waals surface area contributed by atoms with E-state index >= 15 is 0 Å². The minimum absolute atomic E-state index is 0.109. The fourth-order valence-corrected chi connectivity index (χ4v) is 5.41. The van der Waals surface area contributed by atoms with Crippen LogP contribution in [-0.2, 0) is 14.8 Å². The van der Waals surface area contributed by atoms with Crippen LogP contribution in [0.3, 0.4) is 0 Å². The lowest BCUT2D eigenvalue weighted by molar-refractivity contribution is -0.118. The second-order valence-corrected chi connectivity index (χ2v) is 9.62. The van der Waals surface area contributed by atoms with E-state index in [4.69, 9.17) is 4.74 Å². The molecule has 1 N–H and O–H groups in total. The van der Waals surface area contributed by atoms with Crippen molar-refractivity contribution in [2.24, 2.45) is 0 Å². The summed E-state index contributed by atoms with van der Waals surface area (Å²) in [6.07, 6.45) is 1.81. The molecule has 1 aliphatic rings. The van der Waals surface area contributed by atoms with E-state index in [9.17, 15) is 13.2 Å². The number of sulfonamides is 1. The van der Waals surface area contributed by atoms with E-state index in [0.717, 1.165) is 18.4 Å². The summed E-state index contributed by atoms with van der Waals surface area (Å²) in [5.74, 6) is 0.322. The summed E-state index contributed by atoms with van der Waals surface area (Å²) in [6.45, 7) is 1.04. The number of nitrogens with one attached hydrogen (secondary N) is 1. The second-order valence-electron chi connectivity index (χ2n) is 6.82. The first-order valence-corrected chi connectivity index (χ1v) is 11.9. The minimum Gasteiger partial charge on any atom is -0.484 e. The number of hydrogen-bond acceptors (Lipinski definition) is 6. The number of para-hydroxylation sites is 1. The molecule has 0 radical (unpaired) electrons. The molecule has 0 unspecified atom stereocenters. The smallest absolute Gasteiger partial charge is 0.264 e. The van der Waals surface area contributed by atoms with Crippen molar-refractivity contribution in [2.75, 3.05) is 25.0 Å². The summed E-state index contributed by atoms with van der Waals surface area (Å²) >= 11 is 1.30. The van der Waals surface area contributed by atoms with Crippen LogP contribution < -0.4 is 10.1 Å². The fourth-order valence-electron chi connectivity index (χ4n) is 3.16. The van der Waals surface area contributed by atoms with Crippen LogP contribution in [0.1, 0.15) is 12.8 Å². The maximum Gasteiger partial charge on any atom is 0.264 e. The summed E-state index contributed by atoms with van der Waals surface area (Å²) in [5, 5.41) is 4.99. The Hall–Kier alpha value is -2.75. The fraction of sp³-hybridized carbons (Fsp3) is 0.238. The first-order chi connectivity index (χ1) is 14.5. The lowest BCUT2D eigenvalue weighted by Crippen LogP contribution is -2.27. The van der Waals surface area contributed by atoms with E-state index in [2.05, 4.69) is 10.3 Å². The quantitative estimate of drug-likeness (QED) is 0.603. The number of anilines is 1. The van der Waals surface area contributed by atoms with E-state index < -0.39 is 10.0 Å². The predicted octanol–water partition coefficient (Wildman–Crippen LogP) is 3.61. The zero-order chi connectivity index (χ0) is 21.0. The number of ether oxygens (including phenoxy) is 1. The van der Waals surface area contributed by atoms with Crippen LogP contribution in [-0.4, -0.2) is 43.3 Å². The second kappa shape index (κ2) is 8.95. The number of hydrogen-bond donors (Lipinski definition) is 1. The topological polar surface area (TPSA) is 88.6 Å². The van der Waals surface area contributed by atoms with E-state index in [1.807, 2.05) is 23.6 Å². The number of nitrogens with zero attached hydrogens (tertiary/aromatic N) is 2. The first-order valence-electron chi connectivity index (χ1n) is 9.56. The molecule has 1 fully saturated rings. The highest BCUT2D eigenvalue weighted by atomic mass is 32.2. The van der Waals surface area contributed by atoms with Gasteiger partial charge in [-0.15, -0.1) is 11.3 Å². The Balaban J connectivity index is 1.38. The molecule has 0 aliphatic carbocycles. The molecule has 4 rings (SSSR count). The van der Waals surface area contributed by atoms with E-state index in [1.165, 1.54) is 15.6 Å². The standard InChI is InChI=1S/C21H21N3O4S2/c25-20(14-28-17-6-2-1-3-7-17)23-21-22-19(15-29-21)16-8-10-18(11-9-16)30(26,27)24-12-4-5-13-24/h1-3,6-11,15H,4-5,12-14H2,(H,22,23,25). The van der Waals surface area contributed by atoms with Gasteiger partial charge < -0.3 is 4.74 Å². The van der Waals surface area contributed by atoms with Gasteiger partial charge in [-0.3, -0.25) is 10.1 Å². The molecule has 2 heterocycles. The monoisotopic (exact) mass is 443 g/mol. The average Bonchev–Trinajstić information content (AvgIpc) is 3.46. The Morgan fingerprint density at radius 3 is 2.47 bits per heavy atom. The van der Waals surface area contributed by atoms with Crippen LogP contribution in [0, 0.1) is 0 Å². The van der Waals surface area contributed by atoms with Gasteiger partial charge in [0.2, 0.25) is 10.0 Å². The molecule has 1 aromatic heterocycles. The number of amides is 1. The summed E-state index contributed by atoms with van der Waals surface area (Å²) in [4.78, 5) is 16.8. The van der Waals surface area contributed by atoms with E-state index in [1.54, 1.807) is 36.4 Å². The van der Waals surface area contributed by atoms with Crippen LogP contribution >= 0.6 is 11.3 Å². The van der Waals surface area contributed by atoms with Crippen LogP contribution in [0.5, 0.6) is 5.75 Å². The van der Waals surface area contributed by atoms with Crippen LogP contribution in [0.4, 0.5) is 5.13 Å². The van der Waals surface area contributed by atoms with Gasteiger partial charge in [-0.2, -0.15) is 4.31 Å². The van der Waals surface area contributed by atoms with Gasteiger partial charge in [0, 0.05) is 24.0 Å². The Bertz CT molecular complexity index is 1110. The number of carbonyl (C=O) groups excluding carboxylic acids is 1. The van der Waals surface area contributed by atoms with Gasteiger partial charge in [0.1, 0.15) is 5.75 Å². The molecule has 0 atom stereocenters. The SMILES string of the molecule is O=C(COc1ccccc1)Nc1nc(-c2ccc(S(=O)(=O)N3CCCC3)cc2)cs1. The number of thiazole rings is 1. The summed E-state index contributed by atoms with van der Waals surface area (Å²) in [7, 11) is -3.43. The highest BCUT2D eigenvalue weighted by Gasteiger charge is 2.27. The van der Waals surface area contributed by atoms with E-state index in [0.29, 0.717) is 29.7 Å². The molecule has 156 valence electrons. The van der Waals surface area contributed by atoms with Crippen molar-refractivity contribution in [3.63, 3.8) is 0 Å². The number of aromatic nitrogens is 1. The van der Waals surface area contributed by atoms with E-state index in [-0.39, 0.29) is 17.4 Å².